The van der Waals surface area contributed by atoms with Crippen LogP contribution in [0.25, 0.3) is 35.7 Å². The molecule has 0 atom stereocenters. The van der Waals surface area contributed by atoms with Crippen molar-refractivity contribution in [3.63, 3.8) is 0 Å². The second-order valence-electron chi connectivity index (χ2n) is 7.38. The van der Waals surface area contributed by atoms with Gasteiger partial charge in [0.1, 0.15) is 5.69 Å². The fourth-order valence-electron chi connectivity index (χ4n) is 3.30. The van der Waals surface area contributed by atoms with Gasteiger partial charge in [-0.05, 0) is 34.4 Å². The molecule has 0 aliphatic carbocycles. The van der Waals surface area contributed by atoms with Crippen molar-refractivity contribution in [2.45, 2.75) is 0 Å². The van der Waals surface area contributed by atoms with Crippen LogP contribution in [0, 0.1) is 20.2 Å². The Balaban J connectivity index is 1.54. The largest absolute Gasteiger partial charge is 0.270 e. The number of nitrogens with zero attached hydrogens (tertiary/aromatic N) is 3. The number of non-ortho nitro benzene ring substituents is 2. The van der Waals surface area contributed by atoms with Crippen molar-refractivity contribution in [3.8, 4) is 11.4 Å². The summed E-state index contributed by atoms with van der Waals surface area (Å²) in [4.78, 5) is 28.7. The van der Waals surface area contributed by atoms with Gasteiger partial charge in [-0.1, -0.05) is 48.6 Å². The maximum absolute atomic E-state index is 11.0. The second-order valence-corrected chi connectivity index (χ2v) is 7.38. The summed E-state index contributed by atoms with van der Waals surface area (Å²) in [5, 5.41) is 21.9. The van der Waals surface area contributed by atoms with E-state index in [1.165, 1.54) is 24.3 Å². The topological polar surface area (TPSA) is 113 Å². The molecule has 0 radical (unpaired) electrons. The zero-order chi connectivity index (χ0) is 23.9. The Labute approximate surface area is 194 Å². The predicted molar refractivity (Wildman–Crippen MR) is 130 cm³/mol. The summed E-state index contributed by atoms with van der Waals surface area (Å²) in [6.07, 6.45) is 10.9. The Kier molecular flexibility index (Phi) is 6.60. The monoisotopic (exact) mass is 451 g/mol. The highest BCUT2D eigenvalue weighted by molar-refractivity contribution is 5.74. The molecule has 34 heavy (non-hydrogen) atoms. The fourth-order valence-corrected chi connectivity index (χ4v) is 3.30. The first-order chi connectivity index (χ1) is 16.5. The van der Waals surface area contributed by atoms with E-state index in [9.17, 15) is 20.2 Å². The van der Waals surface area contributed by atoms with Crippen molar-refractivity contribution < 1.29 is 14.8 Å². The van der Waals surface area contributed by atoms with Gasteiger partial charge in [0.15, 0.2) is 6.20 Å². The number of nitro groups is 2. The predicted octanol–water partition coefficient (Wildman–Crippen LogP) is 5.72. The average molecular weight is 451 g/mol. The van der Waals surface area contributed by atoms with Crippen molar-refractivity contribution in [2.75, 3.05) is 0 Å². The van der Waals surface area contributed by atoms with E-state index in [0.717, 1.165) is 33.6 Å². The number of benzene rings is 2. The summed E-state index contributed by atoms with van der Waals surface area (Å²) in [6.45, 7) is 0. The van der Waals surface area contributed by atoms with Gasteiger partial charge in [0.25, 0.3) is 11.4 Å². The molecule has 0 bridgehead atoms. The third kappa shape index (κ3) is 5.63. The third-order valence-electron chi connectivity index (χ3n) is 4.98. The highest BCUT2D eigenvalue weighted by Gasteiger charge is 2.09. The molecule has 1 N–H and O–H groups in total. The molecule has 8 nitrogen and oxygen atoms in total. The van der Waals surface area contributed by atoms with Crippen LogP contribution in [0.5, 0.6) is 0 Å². The fraction of sp³-hybridized carbons (Fsp3) is 0. The van der Waals surface area contributed by atoms with E-state index in [2.05, 4.69) is 9.97 Å². The minimum atomic E-state index is -0.418. The van der Waals surface area contributed by atoms with Gasteiger partial charge in [-0.3, -0.25) is 20.2 Å². The number of aromatic nitrogens is 2. The van der Waals surface area contributed by atoms with Gasteiger partial charge < -0.3 is 0 Å². The van der Waals surface area contributed by atoms with Gasteiger partial charge in [-0.25, -0.2) is 9.97 Å². The molecular formula is C26H19N4O4+. The number of hydrogen-bond acceptors (Lipinski definition) is 5. The Morgan fingerprint density at radius 3 is 1.76 bits per heavy atom. The number of nitro benzene ring substituents is 2. The quantitative estimate of drug-likeness (QED) is 0.263. The maximum atomic E-state index is 11.0. The minimum Gasteiger partial charge on any atom is -0.258 e. The molecule has 0 saturated carbocycles. The van der Waals surface area contributed by atoms with Crippen LogP contribution in [0.2, 0.25) is 0 Å². The van der Waals surface area contributed by atoms with Crippen LogP contribution in [0.3, 0.4) is 0 Å². The molecule has 8 heteroatoms. The number of aromatic amines is 1. The maximum Gasteiger partial charge on any atom is 0.270 e. The molecule has 0 aliphatic rings. The molecule has 2 aromatic carbocycles. The lowest BCUT2D eigenvalue weighted by molar-refractivity contribution is -0.385. The van der Waals surface area contributed by atoms with Crippen LogP contribution < -0.4 is 4.98 Å². The zero-order valence-corrected chi connectivity index (χ0v) is 17.9. The summed E-state index contributed by atoms with van der Waals surface area (Å²) < 4.78 is 0. The second kappa shape index (κ2) is 10.1. The summed E-state index contributed by atoms with van der Waals surface area (Å²) >= 11 is 0. The van der Waals surface area contributed by atoms with Crippen LogP contribution in [0.4, 0.5) is 11.4 Å². The van der Waals surface area contributed by atoms with Gasteiger partial charge in [0.2, 0.25) is 5.69 Å². The van der Waals surface area contributed by atoms with Crippen LogP contribution in [0.15, 0.2) is 85.2 Å². The summed E-state index contributed by atoms with van der Waals surface area (Å²) in [5.74, 6) is 0. The molecule has 0 spiro atoms. The van der Waals surface area contributed by atoms with E-state index in [4.69, 9.17) is 0 Å². The van der Waals surface area contributed by atoms with Gasteiger partial charge >= 0.3 is 0 Å². The number of pyridine rings is 2. The smallest absolute Gasteiger partial charge is 0.258 e. The first kappa shape index (κ1) is 22.2. The standard InChI is InChI=1S/C26H18N4O4/c31-29(32)23-5-1-3-19(15-23)7-9-21-11-13-27-25(17-21)26-18-22(12-14-28-26)10-8-20-4-2-6-24(16-20)30(33)34/h1-18H/p+1/b9-7+,10-8+. The van der Waals surface area contributed by atoms with Gasteiger partial charge in [0.05, 0.1) is 9.85 Å². The van der Waals surface area contributed by atoms with Crippen molar-refractivity contribution in [3.05, 3.63) is 128 Å². The normalized spacial score (nSPS) is 11.2. The minimum absolute atomic E-state index is 0.0437. The van der Waals surface area contributed by atoms with Crippen LogP contribution in [-0.2, 0) is 0 Å². The summed E-state index contributed by atoms with van der Waals surface area (Å²) in [7, 11) is 0. The van der Waals surface area contributed by atoms with Crippen molar-refractivity contribution in [2.24, 2.45) is 0 Å². The Morgan fingerprint density at radius 1 is 0.676 bits per heavy atom. The molecule has 0 saturated heterocycles. The molecule has 0 fully saturated rings. The van der Waals surface area contributed by atoms with E-state index < -0.39 is 9.85 Å². The molecule has 0 aliphatic heterocycles. The number of H-pyrrole nitrogens is 1. The molecule has 2 heterocycles. The lowest BCUT2D eigenvalue weighted by Gasteiger charge is -2.00. The SMILES string of the molecule is O=[N+]([O-])c1cccc(/C=C/c2ccnc(-c3cc(/C=C/c4cccc([N+](=O)[O-])c4)cc[nH+]3)c2)c1. The lowest BCUT2D eigenvalue weighted by atomic mass is 10.1. The van der Waals surface area contributed by atoms with E-state index in [1.807, 2.05) is 48.6 Å². The first-order valence-electron chi connectivity index (χ1n) is 10.3. The Morgan fingerprint density at radius 2 is 1.21 bits per heavy atom. The van der Waals surface area contributed by atoms with Gasteiger partial charge in [-0.2, -0.15) is 0 Å². The number of rotatable bonds is 7. The van der Waals surface area contributed by atoms with Gasteiger partial charge in [0, 0.05) is 42.6 Å². The molecule has 166 valence electrons. The first-order valence-corrected chi connectivity index (χ1v) is 10.3. The van der Waals surface area contributed by atoms with Crippen LogP contribution in [-0.4, -0.2) is 14.8 Å². The van der Waals surface area contributed by atoms with Crippen LogP contribution >= 0.6 is 0 Å². The third-order valence-corrected chi connectivity index (χ3v) is 4.98. The number of hydrogen-bond donors (Lipinski definition) is 0. The Bertz CT molecular complexity index is 1320. The number of nitrogens with one attached hydrogen (secondary N) is 1. The zero-order valence-electron chi connectivity index (χ0n) is 17.9. The summed E-state index contributed by atoms with van der Waals surface area (Å²) in [6, 6.07) is 20.4. The molecule has 0 amide bonds. The molecule has 4 aromatic rings. The van der Waals surface area contributed by atoms with E-state index >= 15 is 0 Å². The van der Waals surface area contributed by atoms with Gasteiger partial charge in [-0.15, -0.1) is 0 Å². The molecular weight excluding hydrogens is 432 g/mol. The van der Waals surface area contributed by atoms with Crippen molar-refractivity contribution in [1.29, 1.82) is 0 Å². The van der Waals surface area contributed by atoms with Crippen molar-refractivity contribution >= 4 is 35.7 Å². The van der Waals surface area contributed by atoms with E-state index in [-0.39, 0.29) is 11.4 Å². The van der Waals surface area contributed by atoms with E-state index in [0.29, 0.717) is 0 Å². The van der Waals surface area contributed by atoms with Crippen LogP contribution in [0.1, 0.15) is 22.3 Å². The molecule has 4 rings (SSSR count). The Hall–Kier alpha value is -4.98. The van der Waals surface area contributed by atoms with E-state index in [1.54, 1.807) is 36.7 Å². The lowest BCUT2D eigenvalue weighted by Crippen LogP contribution is -2.06. The summed E-state index contributed by atoms with van der Waals surface area (Å²) in [5.41, 5.74) is 4.87. The average Bonchev–Trinajstić information content (AvgIpc) is 2.87. The molecule has 2 aromatic heterocycles. The molecule has 0 unspecified atom stereocenters. The van der Waals surface area contributed by atoms with Crippen molar-refractivity contribution in [1.82, 2.24) is 4.98 Å². The highest BCUT2D eigenvalue weighted by Crippen LogP contribution is 2.20. The highest BCUT2D eigenvalue weighted by atomic mass is 16.6.